The Labute approximate surface area is 530 Å². The number of anilines is 3. The molecule has 422 valence electrons. The third-order valence-electron chi connectivity index (χ3n) is 20.6. The average molecular weight is 1170 g/mol. The predicted molar refractivity (Wildman–Crippen MR) is 375 cm³/mol. The minimum absolute atomic E-state index is 0.426. The summed E-state index contributed by atoms with van der Waals surface area (Å²) < 4.78 is 12.6. The van der Waals surface area contributed by atoms with E-state index in [0.29, 0.717) is 0 Å². The molecule has 2 heterocycles. The van der Waals surface area contributed by atoms with E-state index in [4.69, 9.17) is 8.75 Å². The van der Waals surface area contributed by atoms with Crippen LogP contribution in [0.3, 0.4) is 0 Å². The molecule has 20 rings (SSSR count). The summed E-state index contributed by atoms with van der Waals surface area (Å²) in [6.45, 7) is 0. The van der Waals surface area contributed by atoms with Crippen LogP contribution in [0.1, 0.15) is 44.5 Å². The van der Waals surface area contributed by atoms with Gasteiger partial charge in [0.1, 0.15) is 11.0 Å². The molecule has 16 aromatic rings. The smallest absolute Gasteiger partial charge is 0.129 e. The van der Waals surface area contributed by atoms with Crippen LogP contribution in [0.25, 0.3) is 116 Å². The van der Waals surface area contributed by atoms with E-state index in [1.165, 1.54) is 134 Å². The van der Waals surface area contributed by atoms with Crippen molar-refractivity contribution in [3.05, 3.63) is 360 Å². The van der Waals surface area contributed by atoms with Crippen molar-refractivity contribution in [2.75, 3.05) is 4.90 Å². The number of hydrogen-bond donors (Lipinski definition) is 0. The number of fused-ring (bicyclic) bond motifs is 24. The van der Waals surface area contributed by atoms with Crippen LogP contribution >= 0.6 is 11.7 Å². The van der Waals surface area contributed by atoms with Gasteiger partial charge in [0, 0.05) is 33.4 Å². The Bertz CT molecular complexity index is 5310. The first kappa shape index (κ1) is 50.5. The zero-order valence-corrected chi connectivity index (χ0v) is 50.0. The summed E-state index contributed by atoms with van der Waals surface area (Å²) in [6.07, 6.45) is 0. The van der Waals surface area contributed by atoms with Crippen LogP contribution < -0.4 is 4.90 Å². The molecule has 5 heteroatoms. The van der Waals surface area contributed by atoms with Gasteiger partial charge in [-0.25, -0.2) is 0 Å². The Balaban J connectivity index is 0.712. The summed E-state index contributed by atoms with van der Waals surface area (Å²) in [4.78, 5) is 2.37. The Morgan fingerprint density at radius 2 is 0.593 bits per heavy atom. The monoisotopic (exact) mass is 1170 g/mol. The number of rotatable bonds is 7. The van der Waals surface area contributed by atoms with Crippen molar-refractivity contribution in [1.29, 1.82) is 0 Å². The van der Waals surface area contributed by atoms with E-state index in [1.54, 1.807) is 0 Å². The number of benzene rings is 14. The molecule has 4 nitrogen and oxygen atoms in total. The normalized spacial score (nSPS) is 13.7. The topological polar surface area (TPSA) is 34.0 Å². The molecule has 0 radical (unpaired) electrons. The lowest BCUT2D eigenvalue weighted by Gasteiger charge is -2.30. The highest BCUT2D eigenvalue weighted by Gasteiger charge is 2.53. The van der Waals surface area contributed by atoms with Gasteiger partial charge in [0.25, 0.3) is 0 Å². The number of nitrogens with zero attached hydrogens (tertiary/aromatic N) is 4. The van der Waals surface area contributed by atoms with Crippen LogP contribution in [0.15, 0.2) is 315 Å². The SMILES string of the molecule is c1ccc2c(c1)-c1ccccc1C21c2ccccc2-c2ccc(-c3ccc(N(c4ccc(-c5ccc6c(c5)C5(c7ccccc7-c7ccccc75)c5ccccc5-6)cc4)c4ccc(-c5ccc(-n6c7ccccc7c7ccccc76)cc5)c5nsnc45)cc3)cc21. The predicted octanol–water partition coefficient (Wildman–Crippen LogP) is 21.9. The highest BCUT2D eigenvalue weighted by Crippen LogP contribution is 2.65. The number of hydrogen-bond acceptors (Lipinski definition) is 4. The highest BCUT2D eigenvalue weighted by molar-refractivity contribution is 7.00. The molecule has 0 amide bonds. The molecule has 0 saturated heterocycles. The molecule has 0 bridgehead atoms. The molecule has 2 aromatic heterocycles. The molecule has 0 saturated carbocycles. The van der Waals surface area contributed by atoms with E-state index in [2.05, 4.69) is 325 Å². The fraction of sp³-hybridized carbons (Fsp3) is 0.0233. The maximum Gasteiger partial charge on any atom is 0.129 e. The van der Waals surface area contributed by atoms with Gasteiger partial charge in [0.05, 0.1) is 39.3 Å². The summed E-state index contributed by atoms with van der Waals surface area (Å²) in [5.41, 5.74) is 35.3. The molecule has 0 atom stereocenters. The molecule has 4 aliphatic rings. The van der Waals surface area contributed by atoms with Gasteiger partial charge in [0.15, 0.2) is 0 Å². The fourth-order valence-electron chi connectivity index (χ4n) is 16.8. The molecule has 4 aliphatic carbocycles. The van der Waals surface area contributed by atoms with Crippen LogP contribution in [0.2, 0.25) is 0 Å². The van der Waals surface area contributed by atoms with Crippen LogP contribution in [0.5, 0.6) is 0 Å². The summed E-state index contributed by atoms with van der Waals surface area (Å²) in [6, 6.07) is 118. The third kappa shape index (κ3) is 6.82. The van der Waals surface area contributed by atoms with Crippen molar-refractivity contribution >= 4 is 61.6 Å². The maximum absolute atomic E-state index is 5.15. The third-order valence-corrected chi connectivity index (χ3v) is 21.1. The number of para-hydroxylation sites is 2. The highest BCUT2D eigenvalue weighted by atomic mass is 32.1. The van der Waals surface area contributed by atoms with Crippen molar-refractivity contribution in [2.45, 2.75) is 10.8 Å². The van der Waals surface area contributed by atoms with Gasteiger partial charge in [-0.2, -0.15) is 8.75 Å². The molecular weight excluding hydrogens is 1120 g/mol. The summed E-state index contributed by atoms with van der Waals surface area (Å²) in [7, 11) is 0. The van der Waals surface area contributed by atoms with E-state index >= 15 is 0 Å². The fourth-order valence-corrected chi connectivity index (χ4v) is 17.4. The van der Waals surface area contributed by atoms with Gasteiger partial charge in [-0.15, -0.1) is 0 Å². The van der Waals surface area contributed by atoms with Crippen molar-refractivity contribution in [3.8, 4) is 83.6 Å². The second-order valence-corrected chi connectivity index (χ2v) is 25.3. The molecule has 91 heavy (non-hydrogen) atoms. The van der Waals surface area contributed by atoms with Crippen molar-refractivity contribution in [1.82, 2.24) is 13.3 Å². The van der Waals surface area contributed by atoms with Crippen LogP contribution in [-0.2, 0) is 10.8 Å². The van der Waals surface area contributed by atoms with E-state index in [0.717, 1.165) is 56.0 Å². The summed E-state index contributed by atoms with van der Waals surface area (Å²) in [5, 5.41) is 2.49. The molecule has 2 spiro atoms. The standard InChI is InChI=1S/C86H52N4S/c1-9-25-72-62(17-1)63-18-2-10-26-73(63)85(72)76-29-13-5-21-66(76)68-47-39-56(51-78(68)85)53-33-41-58(42-34-53)89(82-50-49-61(83-84(82)88-91-87-83)55-37-45-60(46-38-55)90-80-31-15-7-23-70(80)71-24-8-16-32-81(71)90)59-43-35-54(36-44-59)57-40-48-69-67-22-6-14-30-77(67)86(79(69)52-57)74-27-11-3-19-64(74)65-20-4-12-28-75(65)86/h1-52H. The largest absolute Gasteiger partial charge is 0.309 e. The minimum Gasteiger partial charge on any atom is -0.309 e. The first-order valence-corrected chi connectivity index (χ1v) is 32.1. The van der Waals surface area contributed by atoms with Gasteiger partial charge < -0.3 is 9.47 Å². The lowest BCUT2D eigenvalue weighted by atomic mass is 9.70. The summed E-state index contributed by atoms with van der Waals surface area (Å²) in [5.74, 6) is 0. The van der Waals surface area contributed by atoms with Crippen molar-refractivity contribution in [2.24, 2.45) is 0 Å². The van der Waals surface area contributed by atoms with Crippen LogP contribution in [0, 0.1) is 0 Å². The zero-order valence-electron chi connectivity index (χ0n) is 49.2. The van der Waals surface area contributed by atoms with Crippen LogP contribution in [0.4, 0.5) is 17.1 Å². The van der Waals surface area contributed by atoms with Crippen molar-refractivity contribution in [3.63, 3.8) is 0 Å². The second-order valence-electron chi connectivity index (χ2n) is 24.7. The quantitative estimate of drug-likeness (QED) is 0.159. The molecule has 0 aliphatic heterocycles. The molecule has 0 unspecified atom stereocenters. The molecule has 0 N–H and O–H groups in total. The Hall–Kier alpha value is -11.5. The van der Waals surface area contributed by atoms with Crippen molar-refractivity contribution < 1.29 is 0 Å². The van der Waals surface area contributed by atoms with Gasteiger partial charge in [-0.3, -0.25) is 0 Å². The van der Waals surface area contributed by atoms with E-state index in [9.17, 15) is 0 Å². The van der Waals surface area contributed by atoms with Gasteiger partial charge in [0.2, 0.25) is 0 Å². The second kappa shape index (κ2) is 19.0. The van der Waals surface area contributed by atoms with E-state index < -0.39 is 10.8 Å². The molecule has 0 fully saturated rings. The minimum atomic E-state index is -0.426. The van der Waals surface area contributed by atoms with Crippen LogP contribution in [-0.4, -0.2) is 13.3 Å². The van der Waals surface area contributed by atoms with Gasteiger partial charge >= 0.3 is 0 Å². The van der Waals surface area contributed by atoms with Gasteiger partial charge in [-0.1, -0.05) is 243 Å². The number of aromatic nitrogens is 3. The maximum atomic E-state index is 5.15. The lowest BCUT2D eigenvalue weighted by Crippen LogP contribution is -2.25. The Kier molecular flexibility index (Phi) is 10.5. The first-order chi connectivity index (χ1) is 45.1. The summed E-state index contributed by atoms with van der Waals surface area (Å²) >= 11 is 1.27. The lowest BCUT2D eigenvalue weighted by molar-refractivity contribution is 0.794. The van der Waals surface area contributed by atoms with E-state index in [-0.39, 0.29) is 0 Å². The molecular formula is C86H52N4S. The van der Waals surface area contributed by atoms with Gasteiger partial charge in [-0.05, 0) is 190 Å². The zero-order chi connectivity index (χ0) is 59.5. The molecule has 14 aromatic carbocycles. The average Bonchev–Trinajstić information content (AvgIpc) is 1.52. The Morgan fingerprint density at radius 3 is 1.01 bits per heavy atom. The first-order valence-electron chi connectivity index (χ1n) is 31.4. The Morgan fingerprint density at radius 1 is 0.264 bits per heavy atom. The van der Waals surface area contributed by atoms with E-state index in [1.807, 2.05) is 0 Å².